The Kier molecular flexibility index (Phi) is 9.83. The molecule has 196 valence electrons. The normalized spacial score (nSPS) is 12.4. The number of anilines is 1. The Labute approximate surface area is 217 Å². The number of nitrogens with zero attached hydrogens (tertiary/aromatic N) is 1. The standard InChI is InChI=1S/C28H34N4O5/c1-7-19-12-14-20(15-13-19)24(25(34)30-21-11-9-8-10-18(21)2)32(6)26(35)22(16-17-23(29)33)31-27(36)37-28(3,4)5/h1,8-15,22,24H,16-17H2,2-6H3,(H2,29,33)(H,30,34)(H,31,36). The quantitative estimate of drug-likeness (QED) is 0.449. The maximum absolute atomic E-state index is 13.6. The number of primary amides is 1. The van der Waals surface area contributed by atoms with Crippen molar-refractivity contribution in [3.8, 4) is 12.3 Å². The smallest absolute Gasteiger partial charge is 0.408 e. The van der Waals surface area contributed by atoms with E-state index >= 15 is 0 Å². The Hall–Kier alpha value is -4.32. The Morgan fingerprint density at radius 2 is 1.70 bits per heavy atom. The number of ether oxygens (including phenoxy) is 1. The van der Waals surface area contributed by atoms with Crippen LogP contribution in [0.2, 0.25) is 0 Å². The van der Waals surface area contributed by atoms with Crippen LogP contribution in [0.5, 0.6) is 0 Å². The Balaban J connectivity index is 2.41. The summed E-state index contributed by atoms with van der Waals surface area (Å²) in [7, 11) is 1.45. The van der Waals surface area contributed by atoms with Crippen LogP contribution in [0.4, 0.5) is 10.5 Å². The lowest BCUT2D eigenvalue weighted by Crippen LogP contribution is -2.51. The number of carbonyl (C=O) groups excluding carboxylic acids is 4. The van der Waals surface area contributed by atoms with Crippen molar-refractivity contribution >= 4 is 29.5 Å². The molecule has 0 fully saturated rings. The molecule has 9 heteroatoms. The molecule has 0 aliphatic carbocycles. The first-order valence-corrected chi connectivity index (χ1v) is 11.8. The average Bonchev–Trinajstić information content (AvgIpc) is 2.82. The number of nitrogens with one attached hydrogen (secondary N) is 2. The van der Waals surface area contributed by atoms with E-state index in [1.807, 2.05) is 19.1 Å². The number of rotatable bonds is 9. The molecule has 2 aromatic carbocycles. The molecule has 9 nitrogen and oxygen atoms in total. The van der Waals surface area contributed by atoms with E-state index in [0.29, 0.717) is 16.8 Å². The number of aryl methyl sites for hydroxylation is 1. The molecule has 2 atom stereocenters. The number of carbonyl (C=O) groups is 4. The summed E-state index contributed by atoms with van der Waals surface area (Å²) in [5.74, 6) is 0.820. The zero-order valence-corrected chi connectivity index (χ0v) is 21.8. The number of likely N-dealkylation sites (N-methyl/N-ethyl adjacent to an activating group) is 1. The summed E-state index contributed by atoms with van der Waals surface area (Å²) in [4.78, 5) is 52.3. The summed E-state index contributed by atoms with van der Waals surface area (Å²) in [6, 6.07) is 11.7. The molecular formula is C28H34N4O5. The summed E-state index contributed by atoms with van der Waals surface area (Å²) in [5.41, 5.74) is 7.04. The SMILES string of the molecule is C#Cc1ccc(C(C(=O)Nc2ccccc2C)N(C)C(=O)C(CCC(N)=O)NC(=O)OC(C)(C)C)cc1. The van der Waals surface area contributed by atoms with Gasteiger partial charge in [0.15, 0.2) is 0 Å². The molecule has 0 aromatic heterocycles. The molecule has 37 heavy (non-hydrogen) atoms. The van der Waals surface area contributed by atoms with Crippen LogP contribution in [0.1, 0.15) is 56.3 Å². The number of alkyl carbamates (subject to hydrolysis) is 1. The third-order valence-corrected chi connectivity index (χ3v) is 5.45. The fourth-order valence-corrected chi connectivity index (χ4v) is 3.59. The lowest BCUT2D eigenvalue weighted by atomic mass is 10.0. The van der Waals surface area contributed by atoms with Gasteiger partial charge in [-0.05, 0) is 63.4 Å². The summed E-state index contributed by atoms with van der Waals surface area (Å²) in [6.07, 6.45) is 4.41. The van der Waals surface area contributed by atoms with Crippen molar-refractivity contribution in [1.29, 1.82) is 0 Å². The van der Waals surface area contributed by atoms with Crippen LogP contribution in [0, 0.1) is 19.3 Å². The van der Waals surface area contributed by atoms with E-state index in [9.17, 15) is 19.2 Å². The molecule has 0 heterocycles. The molecule has 0 saturated heterocycles. The molecule has 0 bridgehead atoms. The monoisotopic (exact) mass is 506 g/mol. The zero-order valence-electron chi connectivity index (χ0n) is 21.8. The van der Waals surface area contributed by atoms with Crippen LogP contribution in [0.25, 0.3) is 0 Å². The molecule has 0 radical (unpaired) electrons. The number of hydrogen-bond acceptors (Lipinski definition) is 5. The van der Waals surface area contributed by atoms with Crippen molar-refractivity contribution in [2.45, 2.75) is 58.2 Å². The van der Waals surface area contributed by atoms with Gasteiger partial charge in [0, 0.05) is 24.7 Å². The predicted octanol–water partition coefficient (Wildman–Crippen LogP) is 3.27. The van der Waals surface area contributed by atoms with Crippen molar-refractivity contribution in [3.05, 3.63) is 65.2 Å². The van der Waals surface area contributed by atoms with Crippen LogP contribution in [-0.2, 0) is 19.1 Å². The molecule has 0 aliphatic heterocycles. The van der Waals surface area contributed by atoms with Crippen LogP contribution >= 0.6 is 0 Å². The van der Waals surface area contributed by atoms with Gasteiger partial charge in [-0.15, -0.1) is 6.42 Å². The summed E-state index contributed by atoms with van der Waals surface area (Å²) < 4.78 is 5.28. The van der Waals surface area contributed by atoms with Gasteiger partial charge in [0.1, 0.15) is 17.7 Å². The third kappa shape index (κ3) is 8.69. The maximum Gasteiger partial charge on any atom is 0.408 e. The van der Waals surface area contributed by atoms with Crippen molar-refractivity contribution in [2.75, 3.05) is 12.4 Å². The van der Waals surface area contributed by atoms with E-state index in [4.69, 9.17) is 16.9 Å². The third-order valence-electron chi connectivity index (χ3n) is 5.45. The number of hydrogen-bond donors (Lipinski definition) is 3. The molecule has 0 spiro atoms. The lowest BCUT2D eigenvalue weighted by Gasteiger charge is -2.31. The first-order chi connectivity index (χ1) is 17.3. The summed E-state index contributed by atoms with van der Waals surface area (Å²) in [6.45, 7) is 6.91. The molecule has 2 rings (SSSR count). The highest BCUT2D eigenvalue weighted by atomic mass is 16.6. The van der Waals surface area contributed by atoms with Crippen molar-refractivity contribution in [2.24, 2.45) is 5.73 Å². The average molecular weight is 507 g/mol. The molecular weight excluding hydrogens is 472 g/mol. The van der Waals surface area contributed by atoms with Gasteiger partial charge in [-0.2, -0.15) is 0 Å². The number of amides is 4. The van der Waals surface area contributed by atoms with Gasteiger partial charge in [-0.25, -0.2) is 4.79 Å². The van der Waals surface area contributed by atoms with E-state index in [-0.39, 0.29) is 12.8 Å². The minimum Gasteiger partial charge on any atom is -0.444 e. The second-order valence-corrected chi connectivity index (χ2v) is 9.63. The number of terminal acetylenes is 1. The van der Waals surface area contributed by atoms with Crippen LogP contribution in [0.3, 0.4) is 0 Å². The molecule has 4 N–H and O–H groups in total. The first-order valence-electron chi connectivity index (χ1n) is 11.8. The highest BCUT2D eigenvalue weighted by Crippen LogP contribution is 2.25. The van der Waals surface area contributed by atoms with Gasteiger partial charge < -0.3 is 26.0 Å². The van der Waals surface area contributed by atoms with Gasteiger partial charge in [0.2, 0.25) is 11.8 Å². The Morgan fingerprint density at radius 1 is 1.08 bits per heavy atom. The van der Waals surface area contributed by atoms with Gasteiger partial charge in [-0.1, -0.05) is 36.3 Å². The fraction of sp³-hybridized carbons (Fsp3) is 0.357. The van der Waals surface area contributed by atoms with E-state index in [2.05, 4.69) is 16.6 Å². The number of benzene rings is 2. The van der Waals surface area contributed by atoms with Crippen molar-refractivity contribution in [1.82, 2.24) is 10.2 Å². The topological polar surface area (TPSA) is 131 Å². The molecule has 0 saturated carbocycles. The maximum atomic E-state index is 13.6. The Morgan fingerprint density at radius 3 is 2.24 bits per heavy atom. The second kappa shape index (κ2) is 12.6. The van der Waals surface area contributed by atoms with Gasteiger partial charge in [0.05, 0.1) is 0 Å². The number of nitrogens with two attached hydrogens (primary N) is 1. The largest absolute Gasteiger partial charge is 0.444 e. The minimum absolute atomic E-state index is 0.0695. The van der Waals surface area contributed by atoms with Crippen LogP contribution < -0.4 is 16.4 Å². The molecule has 2 unspecified atom stereocenters. The van der Waals surface area contributed by atoms with E-state index in [0.717, 1.165) is 5.56 Å². The predicted molar refractivity (Wildman–Crippen MR) is 141 cm³/mol. The van der Waals surface area contributed by atoms with Gasteiger partial charge in [0.25, 0.3) is 5.91 Å². The van der Waals surface area contributed by atoms with Crippen molar-refractivity contribution < 1.29 is 23.9 Å². The highest BCUT2D eigenvalue weighted by Gasteiger charge is 2.34. The van der Waals surface area contributed by atoms with E-state index in [1.54, 1.807) is 57.2 Å². The van der Waals surface area contributed by atoms with Crippen LogP contribution in [-0.4, -0.2) is 47.4 Å². The summed E-state index contributed by atoms with van der Waals surface area (Å²) in [5, 5.41) is 5.39. The lowest BCUT2D eigenvalue weighted by molar-refractivity contribution is -0.139. The van der Waals surface area contributed by atoms with Gasteiger partial charge >= 0.3 is 6.09 Å². The van der Waals surface area contributed by atoms with Gasteiger partial charge in [-0.3, -0.25) is 14.4 Å². The molecule has 4 amide bonds. The molecule has 0 aliphatic rings. The van der Waals surface area contributed by atoms with E-state index < -0.39 is 41.5 Å². The Bertz CT molecular complexity index is 1180. The fourth-order valence-electron chi connectivity index (χ4n) is 3.59. The molecule has 2 aromatic rings. The summed E-state index contributed by atoms with van der Waals surface area (Å²) >= 11 is 0. The zero-order chi connectivity index (χ0) is 27.8. The van der Waals surface area contributed by atoms with E-state index in [1.165, 1.54) is 11.9 Å². The minimum atomic E-state index is -1.16. The van der Waals surface area contributed by atoms with Crippen LogP contribution in [0.15, 0.2) is 48.5 Å². The van der Waals surface area contributed by atoms with Crippen molar-refractivity contribution in [3.63, 3.8) is 0 Å². The number of para-hydroxylation sites is 1. The first kappa shape index (κ1) is 28.9. The highest BCUT2D eigenvalue weighted by molar-refractivity contribution is 5.99. The second-order valence-electron chi connectivity index (χ2n) is 9.63.